The molecule has 0 atom stereocenters. The SMILES string of the molecule is c1ccc(-n2c3ccccc3c3c4c5c6c(c7ccccc7n6-c6cc7c(cc6B5n5c6ccccc6c6cccc-4c65)B4c5c(c6c8ccccc8n(-c8ccccc8)c6c6c8ccccc8n-7c56)-c5cccc6c7ccccc7n4c56)c32)cc1. The number of aromatic nitrogens is 6. The average Bonchev–Trinajstić information content (AvgIpc) is 1.47. The minimum absolute atomic E-state index is 0.184. The zero-order chi connectivity index (χ0) is 55.1. The van der Waals surface area contributed by atoms with Gasteiger partial charge in [0.2, 0.25) is 0 Å². The van der Waals surface area contributed by atoms with Crippen molar-refractivity contribution in [1.82, 2.24) is 27.2 Å². The first-order chi connectivity index (χ1) is 42.8. The number of rotatable bonds is 2. The highest BCUT2D eigenvalue weighted by Gasteiger charge is 2.48. The molecule has 0 amide bonds. The summed E-state index contributed by atoms with van der Waals surface area (Å²) in [5, 5.41) is 15.4. The van der Waals surface area contributed by atoms with Crippen molar-refractivity contribution in [2.24, 2.45) is 0 Å². The normalized spacial score (nSPS) is 13.5. The van der Waals surface area contributed by atoms with E-state index in [1.807, 2.05) is 0 Å². The second kappa shape index (κ2) is 14.8. The van der Waals surface area contributed by atoms with Crippen molar-refractivity contribution < 1.29 is 0 Å². The first-order valence-corrected chi connectivity index (χ1v) is 30.2. The summed E-state index contributed by atoms with van der Waals surface area (Å²) in [6.45, 7) is -0.368. The van der Waals surface area contributed by atoms with Crippen LogP contribution >= 0.6 is 0 Å². The highest BCUT2D eigenvalue weighted by atomic mass is 15.1. The van der Waals surface area contributed by atoms with E-state index >= 15 is 0 Å². The highest BCUT2D eigenvalue weighted by Crippen LogP contribution is 2.54. The molecule has 23 rings (SSSR count). The van der Waals surface area contributed by atoms with E-state index in [9.17, 15) is 0 Å². The molecule has 0 saturated heterocycles. The lowest BCUT2D eigenvalue weighted by Crippen LogP contribution is -2.60. The summed E-state index contributed by atoms with van der Waals surface area (Å²) >= 11 is 0. The molecule has 0 saturated carbocycles. The van der Waals surface area contributed by atoms with Crippen LogP contribution in [0.2, 0.25) is 0 Å². The number of fused-ring (bicyclic) bond motifs is 32. The Bertz CT molecular complexity index is 6070. The van der Waals surface area contributed by atoms with Crippen molar-refractivity contribution in [2.45, 2.75) is 0 Å². The van der Waals surface area contributed by atoms with Crippen molar-refractivity contribution in [3.8, 4) is 45.0 Å². The smallest absolute Gasteiger partial charge is 0.333 e. The molecular weight excluding hydrogens is 1040 g/mol. The lowest BCUT2D eigenvalue weighted by Gasteiger charge is -2.38. The first kappa shape index (κ1) is 43.5. The Morgan fingerprint density at radius 3 is 0.988 bits per heavy atom. The summed E-state index contributed by atoms with van der Waals surface area (Å²) in [5.41, 5.74) is 30.4. The summed E-state index contributed by atoms with van der Waals surface area (Å²) in [4.78, 5) is 0. The largest absolute Gasteiger partial charge is 0.375 e. The third-order valence-electron chi connectivity index (χ3n) is 20.9. The Morgan fingerprint density at radius 2 is 0.570 bits per heavy atom. The quantitative estimate of drug-likeness (QED) is 0.154. The van der Waals surface area contributed by atoms with Crippen LogP contribution in [0.3, 0.4) is 0 Å². The Hall–Kier alpha value is -11.2. The van der Waals surface area contributed by atoms with Crippen LogP contribution in [-0.2, 0) is 0 Å². The van der Waals surface area contributed by atoms with Gasteiger partial charge >= 0.3 is 13.7 Å². The molecule has 0 aliphatic carbocycles. The molecule has 0 bridgehead atoms. The lowest BCUT2D eigenvalue weighted by molar-refractivity contribution is 1.13. The minimum atomic E-state index is -0.184. The van der Waals surface area contributed by atoms with Crippen LogP contribution in [-0.4, -0.2) is 40.9 Å². The molecule has 0 fully saturated rings. The molecular formula is C78H42B2N6. The van der Waals surface area contributed by atoms with E-state index in [1.54, 1.807) is 0 Å². The van der Waals surface area contributed by atoms with E-state index in [-0.39, 0.29) is 13.7 Å². The van der Waals surface area contributed by atoms with Gasteiger partial charge in [-0.15, -0.1) is 0 Å². The standard InChI is InChI=1S/C78H42B2N6/c1-3-21-43(22-4-1)81-57-35-13-9-27-49(57)67-65-53-33-19-31-47-45-25-7-17-39-61(45)85(73(47)53)79-55-41-56-64(42-63(55)83-59-37-15-11-29-51(59)69(75(67)81)77(83)71(65)79)84-60-38-16-12-30-52(60)70-76-68(50-28-10-14-36-58(50)82(76)44-23-5-2-6-24-44)66-54-34-20-32-48-46-26-8-18-40-62(46)86(74(48)54)80(56)72(66)78(70)84/h1-42H. The Balaban J connectivity index is 0.979. The topological polar surface area (TPSA) is 29.6 Å². The molecule has 86 heavy (non-hydrogen) atoms. The molecule has 10 heterocycles. The van der Waals surface area contributed by atoms with Crippen molar-refractivity contribution >= 4 is 166 Å². The highest BCUT2D eigenvalue weighted by molar-refractivity contribution is 6.94. The summed E-state index contributed by atoms with van der Waals surface area (Å²) in [6, 6.07) is 97.1. The molecule has 19 aromatic rings. The molecule has 0 radical (unpaired) electrons. The predicted molar refractivity (Wildman–Crippen MR) is 362 cm³/mol. The molecule has 0 N–H and O–H groups in total. The number of benzene rings is 13. The number of hydrogen-bond acceptors (Lipinski definition) is 0. The maximum atomic E-state index is 2.77. The van der Waals surface area contributed by atoms with Gasteiger partial charge in [0, 0.05) is 121 Å². The Morgan fingerprint density at radius 1 is 0.233 bits per heavy atom. The van der Waals surface area contributed by atoms with Gasteiger partial charge < -0.3 is 27.2 Å². The molecule has 8 heteroatoms. The Kier molecular flexibility index (Phi) is 7.46. The third kappa shape index (κ3) is 4.69. The van der Waals surface area contributed by atoms with E-state index < -0.39 is 0 Å². The van der Waals surface area contributed by atoms with E-state index in [4.69, 9.17) is 0 Å². The molecule has 4 aliphatic rings. The second-order valence-corrected chi connectivity index (χ2v) is 24.5. The van der Waals surface area contributed by atoms with Crippen molar-refractivity contribution in [3.63, 3.8) is 0 Å². The van der Waals surface area contributed by atoms with Crippen LogP contribution in [0.25, 0.3) is 176 Å². The maximum Gasteiger partial charge on any atom is 0.333 e. The van der Waals surface area contributed by atoms with Crippen LogP contribution < -0.4 is 21.9 Å². The van der Waals surface area contributed by atoms with Gasteiger partial charge in [0.1, 0.15) is 0 Å². The van der Waals surface area contributed by atoms with Crippen LogP contribution in [0, 0.1) is 0 Å². The fourth-order valence-corrected chi connectivity index (χ4v) is 18.0. The summed E-state index contributed by atoms with van der Waals surface area (Å²) in [6.07, 6.45) is 0. The van der Waals surface area contributed by atoms with Crippen molar-refractivity contribution in [1.29, 1.82) is 0 Å². The van der Waals surface area contributed by atoms with E-state index in [1.165, 1.54) is 186 Å². The van der Waals surface area contributed by atoms with Crippen LogP contribution in [0.1, 0.15) is 0 Å². The molecule has 0 unspecified atom stereocenters. The summed E-state index contributed by atoms with van der Waals surface area (Å²) in [5.74, 6) is 0. The summed E-state index contributed by atoms with van der Waals surface area (Å²) < 4.78 is 16.1. The van der Waals surface area contributed by atoms with E-state index in [0.29, 0.717) is 0 Å². The van der Waals surface area contributed by atoms with Crippen LogP contribution in [0.15, 0.2) is 255 Å². The lowest BCUT2D eigenvalue weighted by atomic mass is 9.41. The molecule has 6 aromatic heterocycles. The third-order valence-corrected chi connectivity index (χ3v) is 20.9. The molecule has 13 aromatic carbocycles. The van der Waals surface area contributed by atoms with Gasteiger partial charge in [-0.1, -0.05) is 188 Å². The number of nitrogens with zero attached hydrogens (tertiary/aromatic N) is 6. The second-order valence-electron chi connectivity index (χ2n) is 24.5. The van der Waals surface area contributed by atoms with E-state index in [2.05, 4.69) is 282 Å². The van der Waals surface area contributed by atoms with Gasteiger partial charge in [-0.2, -0.15) is 0 Å². The molecule has 0 spiro atoms. The van der Waals surface area contributed by atoms with Gasteiger partial charge in [0.05, 0.1) is 44.1 Å². The number of para-hydroxylation sites is 10. The van der Waals surface area contributed by atoms with Gasteiger partial charge in [0.25, 0.3) is 0 Å². The zero-order valence-electron chi connectivity index (χ0n) is 46.1. The van der Waals surface area contributed by atoms with Gasteiger partial charge in [0.15, 0.2) is 0 Å². The van der Waals surface area contributed by atoms with Gasteiger partial charge in [-0.3, -0.25) is 0 Å². The predicted octanol–water partition coefficient (Wildman–Crippen LogP) is 16.2. The van der Waals surface area contributed by atoms with E-state index in [0.717, 1.165) is 11.4 Å². The molecule has 4 aliphatic heterocycles. The maximum absolute atomic E-state index is 2.77. The fourth-order valence-electron chi connectivity index (χ4n) is 18.0. The van der Waals surface area contributed by atoms with Crippen molar-refractivity contribution in [3.05, 3.63) is 255 Å². The van der Waals surface area contributed by atoms with Crippen molar-refractivity contribution in [2.75, 3.05) is 0 Å². The zero-order valence-corrected chi connectivity index (χ0v) is 46.1. The minimum Gasteiger partial charge on any atom is -0.375 e. The summed E-state index contributed by atoms with van der Waals surface area (Å²) in [7, 11) is 0. The monoisotopic (exact) mass is 1080 g/mol. The first-order valence-electron chi connectivity index (χ1n) is 30.2. The van der Waals surface area contributed by atoms with Gasteiger partial charge in [-0.05, 0) is 99.7 Å². The number of hydrogen-bond donors (Lipinski definition) is 0. The molecule has 6 nitrogen and oxygen atoms in total. The average molecular weight is 1080 g/mol. The van der Waals surface area contributed by atoms with Gasteiger partial charge in [-0.25, -0.2) is 0 Å². The van der Waals surface area contributed by atoms with Crippen LogP contribution in [0.5, 0.6) is 0 Å². The molecule has 390 valence electrons. The fraction of sp³-hybridized carbons (Fsp3) is 0. The Labute approximate surface area is 490 Å². The van der Waals surface area contributed by atoms with Crippen LogP contribution in [0.4, 0.5) is 0 Å².